The molecule has 138 valence electrons. The summed E-state index contributed by atoms with van der Waals surface area (Å²) in [5, 5.41) is 3.39. The number of methoxy groups -OCH3 is 2. The first-order valence-corrected chi connectivity index (χ1v) is 8.30. The van der Waals surface area contributed by atoms with Crippen molar-refractivity contribution in [1.29, 1.82) is 0 Å². The molecule has 0 aromatic heterocycles. The number of halogens is 2. The van der Waals surface area contributed by atoms with Crippen LogP contribution in [0.2, 0.25) is 10.0 Å². The van der Waals surface area contributed by atoms with E-state index in [4.69, 9.17) is 37.4 Å². The van der Waals surface area contributed by atoms with Crippen LogP contribution in [0.25, 0.3) is 0 Å². The van der Waals surface area contributed by atoms with Gasteiger partial charge in [-0.1, -0.05) is 23.2 Å². The Labute approximate surface area is 160 Å². The molecule has 0 bridgehead atoms. The van der Waals surface area contributed by atoms with Crippen molar-refractivity contribution < 1.29 is 23.8 Å². The smallest absolute Gasteiger partial charge is 0.342 e. The Morgan fingerprint density at radius 1 is 0.962 bits per heavy atom. The molecule has 0 aliphatic carbocycles. The predicted molar refractivity (Wildman–Crippen MR) is 99.5 cm³/mol. The number of rotatable bonds is 6. The highest BCUT2D eigenvalue weighted by atomic mass is 35.5. The van der Waals surface area contributed by atoms with Gasteiger partial charge in [0.25, 0.3) is 5.91 Å². The van der Waals surface area contributed by atoms with Crippen molar-refractivity contribution in [2.75, 3.05) is 19.5 Å². The Balaban J connectivity index is 2.11. The van der Waals surface area contributed by atoms with Crippen LogP contribution in [-0.2, 0) is 9.53 Å². The molecule has 0 spiro atoms. The largest absolute Gasteiger partial charge is 0.496 e. The van der Waals surface area contributed by atoms with Gasteiger partial charge in [-0.05, 0) is 43.3 Å². The van der Waals surface area contributed by atoms with Crippen molar-refractivity contribution in [1.82, 2.24) is 0 Å². The molecule has 2 rings (SSSR count). The second-order valence-corrected chi connectivity index (χ2v) is 6.10. The third-order valence-corrected chi connectivity index (χ3v) is 3.92. The van der Waals surface area contributed by atoms with Crippen LogP contribution < -0.4 is 14.8 Å². The molecule has 1 N–H and O–H groups in total. The Morgan fingerprint density at radius 3 is 2.15 bits per heavy atom. The maximum atomic E-state index is 12.3. The number of hydrogen-bond acceptors (Lipinski definition) is 5. The molecule has 8 heteroatoms. The van der Waals surface area contributed by atoms with Crippen LogP contribution in [0.1, 0.15) is 17.3 Å². The molecule has 0 unspecified atom stereocenters. The van der Waals surface area contributed by atoms with E-state index in [0.717, 1.165) is 0 Å². The van der Waals surface area contributed by atoms with E-state index in [2.05, 4.69) is 5.32 Å². The normalized spacial score (nSPS) is 11.4. The SMILES string of the molecule is COc1ccc(Cl)cc1NC(=O)[C@H](C)OC(=O)c1cc(Cl)ccc1OC. The number of nitrogens with one attached hydrogen (secondary N) is 1. The molecule has 0 fully saturated rings. The fourth-order valence-corrected chi connectivity index (χ4v) is 2.47. The van der Waals surface area contributed by atoms with Gasteiger partial charge in [-0.25, -0.2) is 4.79 Å². The topological polar surface area (TPSA) is 73.9 Å². The molecule has 2 aromatic rings. The fourth-order valence-electron chi connectivity index (χ4n) is 2.13. The lowest BCUT2D eigenvalue weighted by Crippen LogP contribution is -2.30. The lowest BCUT2D eigenvalue weighted by molar-refractivity contribution is -0.123. The van der Waals surface area contributed by atoms with E-state index >= 15 is 0 Å². The summed E-state index contributed by atoms with van der Waals surface area (Å²) in [6, 6.07) is 9.32. The minimum Gasteiger partial charge on any atom is -0.496 e. The zero-order valence-electron chi connectivity index (χ0n) is 14.3. The van der Waals surface area contributed by atoms with Crippen molar-refractivity contribution in [3.8, 4) is 11.5 Å². The number of hydrogen-bond donors (Lipinski definition) is 1. The van der Waals surface area contributed by atoms with Gasteiger partial charge in [0.1, 0.15) is 17.1 Å². The number of benzene rings is 2. The third kappa shape index (κ3) is 4.80. The first-order chi connectivity index (χ1) is 12.3. The average molecular weight is 398 g/mol. The summed E-state index contributed by atoms with van der Waals surface area (Å²) >= 11 is 11.8. The lowest BCUT2D eigenvalue weighted by Gasteiger charge is -2.16. The molecular weight excluding hydrogens is 381 g/mol. The second-order valence-electron chi connectivity index (χ2n) is 5.23. The molecule has 1 amide bonds. The number of esters is 1. The van der Waals surface area contributed by atoms with Gasteiger partial charge in [0, 0.05) is 10.0 Å². The molecule has 6 nitrogen and oxygen atoms in total. The number of carbonyl (C=O) groups is 2. The third-order valence-electron chi connectivity index (χ3n) is 3.45. The van der Waals surface area contributed by atoms with E-state index < -0.39 is 18.0 Å². The van der Waals surface area contributed by atoms with Crippen LogP contribution >= 0.6 is 23.2 Å². The van der Waals surface area contributed by atoms with Gasteiger partial charge in [-0.15, -0.1) is 0 Å². The number of ether oxygens (including phenoxy) is 3. The quantitative estimate of drug-likeness (QED) is 0.739. The van der Waals surface area contributed by atoms with Gasteiger partial charge >= 0.3 is 5.97 Å². The fraction of sp³-hybridized carbons (Fsp3) is 0.222. The molecule has 1 atom stereocenters. The van der Waals surface area contributed by atoms with Crippen LogP contribution in [0.3, 0.4) is 0 Å². The Bertz CT molecular complexity index is 825. The van der Waals surface area contributed by atoms with Crippen molar-refractivity contribution in [2.45, 2.75) is 13.0 Å². The van der Waals surface area contributed by atoms with Crippen molar-refractivity contribution >= 4 is 40.8 Å². The Hall–Kier alpha value is -2.44. The van der Waals surface area contributed by atoms with Crippen LogP contribution in [0.15, 0.2) is 36.4 Å². The summed E-state index contributed by atoms with van der Waals surface area (Å²) in [6.45, 7) is 1.45. The Morgan fingerprint density at radius 2 is 1.54 bits per heavy atom. The standard InChI is InChI=1S/C18H17Cl2NO5/c1-10(17(22)21-14-9-12(20)5-7-16(14)25-3)26-18(23)13-8-11(19)4-6-15(13)24-2/h4-10H,1-3H3,(H,21,22)/t10-/m0/s1. The second kappa shape index (κ2) is 8.78. The minimum absolute atomic E-state index is 0.125. The molecule has 0 heterocycles. The molecule has 0 radical (unpaired) electrons. The van der Waals surface area contributed by atoms with Crippen molar-refractivity contribution in [3.05, 3.63) is 52.0 Å². The van der Waals surface area contributed by atoms with E-state index in [-0.39, 0.29) is 5.56 Å². The number of carbonyl (C=O) groups excluding carboxylic acids is 2. The molecule has 2 aromatic carbocycles. The van der Waals surface area contributed by atoms with E-state index in [1.807, 2.05) is 0 Å². The van der Waals surface area contributed by atoms with E-state index in [9.17, 15) is 9.59 Å². The minimum atomic E-state index is -1.07. The van der Waals surface area contributed by atoms with E-state index in [1.54, 1.807) is 24.3 Å². The highest BCUT2D eigenvalue weighted by molar-refractivity contribution is 6.31. The molecule has 0 saturated carbocycles. The van der Waals surface area contributed by atoms with Gasteiger partial charge in [-0.3, -0.25) is 4.79 Å². The van der Waals surface area contributed by atoms with Gasteiger partial charge in [0.15, 0.2) is 6.10 Å². The maximum Gasteiger partial charge on any atom is 0.342 e. The van der Waals surface area contributed by atoms with Gasteiger partial charge < -0.3 is 19.5 Å². The maximum absolute atomic E-state index is 12.3. The lowest BCUT2D eigenvalue weighted by atomic mass is 10.2. The summed E-state index contributed by atoms with van der Waals surface area (Å²) in [5.74, 6) is -0.550. The van der Waals surface area contributed by atoms with Crippen LogP contribution in [-0.4, -0.2) is 32.2 Å². The summed E-state index contributed by atoms with van der Waals surface area (Å²) < 4.78 is 15.5. The van der Waals surface area contributed by atoms with Crippen LogP contribution in [0.5, 0.6) is 11.5 Å². The van der Waals surface area contributed by atoms with Gasteiger partial charge in [0.2, 0.25) is 0 Å². The van der Waals surface area contributed by atoms with Gasteiger partial charge in [-0.2, -0.15) is 0 Å². The Kier molecular flexibility index (Phi) is 6.71. The number of anilines is 1. The molecule has 0 saturated heterocycles. The average Bonchev–Trinajstić information content (AvgIpc) is 2.61. The van der Waals surface area contributed by atoms with E-state index in [1.165, 1.54) is 33.3 Å². The summed E-state index contributed by atoms with van der Waals surface area (Å²) in [6.07, 6.45) is -1.07. The summed E-state index contributed by atoms with van der Waals surface area (Å²) in [5.41, 5.74) is 0.494. The van der Waals surface area contributed by atoms with Crippen molar-refractivity contribution in [2.24, 2.45) is 0 Å². The molecule has 26 heavy (non-hydrogen) atoms. The summed E-state index contributed by atoms with van der Waals surface area (Å²) in [7, 11) is 2.88. The monoisotopic (exact) mass is 397 g/mol. The molecule has 0 aliphatic heterocycles. The predicted octanol–water partition coefficient (Wildman–Crippen LogP) is 4.19. The molecular formula is C18H17Cl2NO5. The van der Waals surface area contributed by atoms with Crippen LogP contribution in [0, 0.1) is 0 Å². The number of amides is 1. The summed E-state index contributed by atoms with van der Waals surface area (Å²) in [4.78, 5) is 24.7. The first-order valence-electron chi connectivity index (χ1n) is 7.54. The van der Waals surface area contributed by atoms with E-state index in [0.29, 0.717) is 27.2 Å². The zero-order chi connectivity index (χ0) is 19.3. The molecule has 0 aliphatic rings. The van der Waals surface area contributed by atoms with Gasteiger partial charge in [0.05, 0.1) is 19.9 Å². The van der Waals surface area contributed by atoms with Crippen molar-refractivity contribution in [3.63, 3.8) is 0 Å². The zero-order valence-corrected chi connectivity index (χ0v) is 15.9. The highest BCUT2D eigenvalue weighted by Crippen LogP contribution is 2.28. The van der Waals surface area contributed by atoms with Crippen LogP contribution in [0.4, 0.5) is 5.69 Å². The first kappa shape index (κ1) is 19.9. The highest BCUT2D eigenvalue weighted by Gasteiger charge is 2.22.